The number of aromatic nitrogens is 1. The molecule has 140 valence electrons. The average Bonchev–Trinajstić information content (AvgIpc) is 2.98. The van der Waals surface area contributed by atoms with Crippen LogP contribution in [0.3, 0.4) is 0 Å². The predicted molar refractivity (Wildman–Crippen MR) is 95.8 cm³/mol. The Bertz CT molecular complexity index is 999. The van der Waals surface area contributed by atoms with E-state index in [9.17, 15) is 13.6 Å². The van der Waals surface area contributed by atoms with Gasteiger partial charge >= 0.3 is 0 Å². The zero-order valence-electron chi connectivity index (χ0n) is 15.1. The second-order valence-corrected chi connectivity index (χ2v) is 6.18. The zero-order valence-corrected chi connectivity index (χ0v) is 15.1. The number of nitrogens with zero attached hydrogens (tertiary/aromatic N) is 1. The van der Waals surface area contributed by atoms with Gasteiger partial charge in [-0.1, -0.05) is 11.2 Å². The molecule has 0 aliphatic rings. The van der Waals surface area contributed by atoms with Crippen LogP contribution in [0, 0.1) is 32.4 Å². The number of carbonyl (C=O) groups excluding carboxylic acids is 1. The van der Waals surface area contributed by atoms with Gasteiger partial charge in [-0.2, -0.15) is 0 Å². The minimum atomic E-state index is -0.828. The molecule has 0 unspecified atom stereocenters. The summed E-state index contributed by atoms with van der Waals surface area (Å²) in [6.45, 7) is 5.40. The van der Waals surface area contributed by atoms with E-state index in [2.05, 4.69) is 10.5 Å². The lowest BCUT2D eigenvalue weighted by molar-refractivity contribution is 0.101. The van der Waals surface area contributed by atoms with Crippen LogP contribution in [0.25, 0.3) is 0 Å². The van der Waals surface area contributed by atoms with E-state index in [1.165, 1.54) is 6.07 Å². The van der Waals surface area contributed by atoms with E-state index in [1.807, 2.05) is 26.0 Å². The lowest BCUT2D eigenvalue weighted by Gasteiger charge is -2.09. The standard InChI is InChI=1S/C20H18F2N2O3/c1-11-4-6-15(8-12(11)2)23-20(25)19-16(13(3)27-24-19)10-26-18-7-5-14(21)9-17(18)22/h4-9H,10H2,1-3H3,(H,23,25). The second kappa shape index (κ2) is 7.57. The largest absolute Gasteiger partial charge is 0.486 e. The summed E-state index contributed by atoms with van der Waals surface area (Å²) in [6, 6.07) is 8.54. The number of carbonyl (C=O) groups is 1. The highest BCUT2D eigenvalue weighted by atomic mass is 19.1. The summed E-state index contributed by atoms with van der Waals surface area (Å²) in [6.07, 6.45) is 0. The fraction of sp³-hybridized carbons (Fsp3) is 0.200. The van der Waals surface area contributed by atoms with Gasteiger partial charge in [0.05, 0.1) is 5.56 Å². The van der Waals surface area contributed by atoms with Crippen LogP contribution >= 0.6 is 0 Å². The smallest absolute Gasteiger partial charge is 0.278 e. The van der Waals surface area contributed by atoms with Crippen LogP contribution in [0.4, 0.5) is 14.5 Å². The molecule has 3 aromatic rings. The molecular formula is C20H18F2N2O3. The Hall–Kier alpha value is -3.22. The van der Waals surface area contributed by atoms with Gasteiger partial charge in [-0.3, -0.25) is 4.79 Å². The van der Waals surface area contributed by atoms with Gasteiger partial charge in [0.15, 0.2) is 17.3 Å². The van der Waals surface area contributed by atoms with Crippen LogP contribution in [0.5, 0.6) is 5.75 Å². The average molecular weight is 372 g/mol. The first kappa shape index (κ1) is 18.6. The van der Waals surface area contributed by atoms with Gasteiger partial charge in [-0.25, -0.2) is 8.78 Å². The minimum Gasteiger partial charge on any atom is -0.486 e. The predicted octanol–water partition coefficient (Wildman–Crippen LogP) is 4.71. The molecule has 2 aromatic carbocycles. The summed E-state index contributed by atoms with van der Waals surface area (Å²) in [4.78, 5) is 12.6. The Morgan fingerprint density at radius 3 is 2.59 bits per heavy atom. The van der Waals surface area contributed by atoms with Crippen molar-refractivity contribution in [2.75, 3.05) is 5.32 Å². The van der Waals surface area contributed by atoms with Crippen molar-refractivity contribution < 1.29 is 22.8 Å². The van der Waals surface area contributed by atoms with Crippen LogP contribution in [0.2, 0.25) is 0 Å². The van der Waals surface area contributed by atoms with Gasteiger partial charge in [-0.15, -0.1) is 0 Å². The first-order valence-corrected chi connectivity index (χ1v) is 8.26. The second-order valence-electron chi connectivity index (χ2n) is 6.18. The number of ether oxygens (including phenoxy) is 1. The molecule has 0 spiro atoms. The maximum absolute atomic E-state index is 13.7. The number of benzene rings is 2. The first-order chi connectivity index (χ1) is 12.8. The Balaban J connectivity index is 1.77. The van der Waals surface area contributed by atoms with Gasteiger partial charge in [-0.05, 0) is 56.2 Å². The summed E-state index contributed by atoms with van der Waals surface area (Å²) < 4.78 is 37.2. The van der Waals surface area contributed by atoms with Crippen molar-refractivity contribution in [3.63, 3.8) is 0 Å². The van der Waals surface area contributed by atoms with Gasteiger partial charge in [0.1, 0.15) is 18.2 Å². The number of rotatable bonds is 5. The topological polar surface area (TPSA) is 64.4 Å². The van der Waals surface area contributed by atoms with Crippen molar-refractivity contribution in [2.45, 2.75) is 27.4 Å². The molecule has 0 saturated heterocycles. The Morgan fingerprint density at radius 2 is 1.89 bits per heavy atom. The minimum absolute atomic E-state index is 0.0493. The number of aryl methyl sites for hydroxylation is 3. The summed E-state index contributed by atoms with van der Waals surface area (Å²) >= 11 is 0. The van der Waals surface area contributed by atoms with E-state index in [1.54, 1.807) is 13.0 Å². The van der Waals surface area contributed by atoms with Gasteiger partial charge < -0.3 is 14.6 Å². The van der Waals surface area contributed by atoms with Crippen molar-refractivity contribution in [1.82, 2.24) is 5.16 Å². The molecule has 0 radical (unpaired) electrons. The molecule has 0 bridgehead atoms. The zero-order chi connectivity index (χ0) is 19.6. The Labute approximate surface area is 154 Å². The fourth-order valence-electron chi connectivity index (χ4n) is 2.49. The highest BCUT2D eigenvalue weighted by Gasteiger charge is 2.21. The highest BCUT2D eigenvalue weighted by Crippen LogP contribution is 2.22. The van der Waals surface area contributed by atoms with E-state index < -0.39 is 17.5 Å². The molecule has 3 rings (SSSR count). The van der Waals surface area contributed by atoms with Crippen molar-refractivity contribution >= 4 is 11.6 Å². The van der Waals surface area contributed by atoms with E-state index in [0.29, 0.717) is 17.0 Å². The lowest BCUT2D eigenvalue weighted by atomic mass is 10.1. The first-order valence-electron chi connectivity index (χ1n) is 8.26. The Morgan fingerprint density at radius 1 is 1.11 bits per heavy atom. The van der Waals surface area contributed by atoms with E-state index in [-0.39, 0.29) is 18.1 Å². The number of amides is 1. The normalized spacial score (nSPS) is 10.7. The molecule has 1 heterocycles. The molecule has 1 N–H and O–H groups in total. The summed E-state index contributed by atoms with van der Waals surface area (Å²) in [7, 11) is 0. The van der Waals surface area contributed by atoms with E-state index in [4.69, 9.17) is 9.26 Å². The van der Waals surface area contributed by atoms with E-state index in [0.717, 1.165) is 23.3 Å². The van der Waals surface area contributed by atoms with Crippen molar-refractivity contribution in [3.8, 4) is 5.75 Å². The van der Waals surface area contributed by atoms with Crippen molar-refractivity contribution in [3.05, 3.63) is 76.2 Å². The number of hydrogen-bond donors (Lipinski definition) is 1. The van der Waals surface area contributed by atoms with Crippen LogP contribution in [0.1, 0.15) is 32.9 Å². The number of nitrogens with one attached hydrogen (secondary N) is 1. The number of halogens is 2. The third-order valence-electron chi connectivity index (χ3n) is 4.23. The van der Waals surface area contributed by atoms with Gasteiger partial charge in [0.25, 0.3) is 5.91 Å². The molecule has 0 saturated carbocycles. The summed E-state index contributed by atoms with van der Waals surface area (Å²) in [5.74, 6) is -1.74. The van der Waals surface area contributed by atoms with Crippen LogP contribution in [0.15, 0.2) is 40.9 Å². The molecule has 1 amide bonds. The van der Waals surface area contributed by atoms with Crippen molar-refractivity contribution in [1.29, 1.82) is 0 Å². The quantitative estimate of drug-likeness (QED) is 0.704. The molecular weight excluding hydrogens is 354 g/mol. The summed E-state index contributed by atoms with van der Waals surface area (Å²) in [5, 5.41) is 6.54. The molecule has 0 aliphatic heterocycles. The molecule has 1 aromatic heterocycles. The lowest BCUT2D eigenvalue weighted by Crippen LogP contribution is -2.15. The van der Waals surface area contributed by atoms with Crippen LogP contribution in [-0.4, -0.2) is 11.1 Å². The number of hydrogen-bond acceptors (Lipinski definition) is 4. The maximum atomic E-state index is 13.7. The third kappa shape index (κ3) is 4.13. The molecule has 27 heavy (non-hydrogen) atoms. The number of anilines is 1. The summed E-state index contributed by atoms with van der Waals surface area (Å²) in [5.41, 5.74) is 3.22. The monoisotopic (exact) mass is 372 g/mol. The SMILES string of the molecule is Cc1ccc(NC(=O)c2noc(C)c2COc2ccc(F)cc2F)cc1C. The van der Waals surface area contributed by atoms with Crippen molar-refractivity contribution in [2.24, 2.45) is 0 Å². The fourth-order valence-corrected chi connectivity index (χ4v) is 2.49. The molecule has 7 heteroatoms. The van der Waals surface area contributed by atoms with Gasteiger partial charge in [0, 0.05) is 11.8 Å². The molecule has 0 atom stereocenters. The van der Waals surface area contributed by atoms with Crippen LogP contribution in [-0.2, 0) is 6.61 Å². The van der Waals surface area contributed by atoms with Crippen LogP contribution < -0.4 is 10.1 Å². The molecule has 0 aliphatic carbocycles. The molecule has 0 fully saturated rings. The maximum Gasteiger partial charge on any atom is 0.278 e. The van der Waals surface area contributed by atoms with Gasteiger partial charge in [0.2, 0.25) is 0 Å². The van der Waals surface area contributed by atoms with E-state index >= 15 is 0 Å². The third-order valence-corrected chi connectivity index (χ3v) is 4.23. The Kier molecular flexibility index (Phi) is 5.21. The highest BCUT2D eigenvalue weighted by molar-refractivity contribution is 6.03. The molecule has 5 nitrogen and oxygen atoms in total.